The van der Waals surface area contributed by atoms with E-state index in [1.165, 1.54) is 41.9 Å². The van der Waals surface area contributed by atoms with Crippen LogP contribution in [0.5, 0.6) is 0 Å². The van der Waals surface area contributed by atoms with E-state index in [4.69, 9.17) is 4.42 Å². The third-order valence-corrected chi connectivity index (χ3v) is 8.31. The summed E-state index contributed by atoms with van der Waals surface area (Å²) in [7, 11) is -0.140. The van der Waals surface area contributed by atoms with Crippen LogP contribution in [0.2, 0.25) is 0 Å². The Labute approximate surface area is 257 Å². The standard InChI is InChI=1S/C31H28F2N4O4S.C2H6/c1-35-30(38)28-25-15-24(21-4-3-5-22(14-21)31(39)36-12-10-19(17-34)18-36)26(37(13-11-32)42(2)40)16-27(25)41-29(28)20-6-8-23(33)9-7-20;1-2/h3-9,14-16,19H,10-13,18H2,1-2H3,(H,35,38);1-2H3. The van der Waals surface area contributed by atoms with Crippen LogP contribution in [0.3, 0.4) is 0 Å². The molecule has 4 aromatic rings. The van der Waals surface area contributed by atoms with Crippen molar-refractivity contribution < 1.29 is 27.0 Å². The zero-order chi connectivity index (χ0) is 32.0. The average Bonchev–Trinajstić information content (AvgIpc) is 3.68. The summed E-state index contributed by atoms with van der Waals surface area (Å²) < 4.78 is 47.7. The maximum atomic E-state index is 13.7. The highest BCUT2D eigenvalue weighted by molar-refractivity contribution is 7.85. The van der Waals surface area contributed by atoms with Gasteiger partial charge in [-0.3, -0.25) is 13.9 Å². The molecule has 44 heavy (non-hydrogen) atoms. The summed E-state index contributed by atoms with van der Waals surface area (Å²) in [6.45, 7) is 3.89. The molecule has 1 aliphatic rings. The smallest absolute Gasteiger partial charge is 0.255 e. The topological polar surface area (TPSA) is 107 Å². The second-order valence-corrected chi connectivity index (χ2v) is 11.2. The minimum absolute atomic E-state index is 0.169. The zero-order valence-corrected chi connectivity index (χ0v) is 25.8. The first-order chi connectivity index (χ1) is 21.2. The average molecular weight is 621 g/mol. The normalized spacial score (nSPS) is 14.8. The second kappa shape index (κ2) is 14.3. The van der Waals surface area contributed by atoms with Gasteiger partial charge in [0, 0.05) is 54.5 Å². The lowest BCUT2D eigenvalue weighted by molar-refractivity contribution is 0.0789. The largest absolute Gasteiger partial charge is 0.455 e. The highest BCUT2D eigenvalue weighted by Crippen LogP contribution is 2.41. The molecule has 0 saturated carbocycles. The number of rotatable bonds is 8. The van der Waals surface area contributed by atoms with Crippen LogP contribution >= 0.6 is 0 Å². The third kappa shape index (κ3) is 6.50. The van der Waals surface area contributed by atoms with E-state index in [0.717, 1.165) is 0 Å². The van der Waals surface area contributed by atoms with E-state index in [1.807, 2.05) is 13.8 Å². The van der Waals surface area contributed by atoms with Gasteiger partial charge in [-0.05, 0) is 54.4 Å². The number of nitrogens with zero attached hydrogens (tertiary/aromatic N) is 3. The molecule has 0 radical (unpaired) electrons. The summed E-state index contributed by atoms with van der Waals surface area (Å²) in [4.78, 5) is 28.1. The lowest BCUT2D eigenvalue weighted by Crippen LogP contribution is -2.28. The van der Waals surface area contributed by atoms with E-state index in [2.05, 4.69) is 11.4 Å². The molecule has 0 spiro atoms. The number of nitriles is 1. The molecule has 2 amide bonds. The van der Waals surface area contributed by atoms with Crippen molar-refractivity contribution in [2.24, 2.45) is 5.92 Å². The SMILES string of the molecule is CC.CNC(=O)c1c(-c2ccc(F)cc2)oc2cc(N(CCF)S(C)=O)c(-c3cccc(C(=O)N4CCC(C#N)C4)c3)cc12. The lowest BCUT2D eigenvalue weighted by Gasteiger charge is -2.24. The molecule has 8 nitrogen and oxygen atoms in total. The van der Waals surface area contributed by atoms with Crippen molar-refractivity contribution in [1.82, 2.24) is 10.2 Å². The van der Waals surface area contributed by atoms with Gasteiger partial charge in [-0.2, -0.15) is 5.26 Å². The molecule has 0 bridgehead atoms. The number of benzene rings is 3. The number of nitrogens with one attached hydrogen (secondary N) is 1. The van der Waals surface area contributed by atoms with Crippen LogP contribution in [0.15, 0.2) is 65.1 Å². The second-order valence-electron chi connectivity index (χ2n) is 9.92. The summed E-state index contributed by atoms with van der Waals surface area (Å²) in [5.41, 5.74) is 2.85. The van der Waals surface area contributed by atoms with Gasteiger partial charge in [0.2, 0.25) is 0 Å². The van der Waals surface area contributed by atoms with Crippen LogP contribution in [-0.2, 0) is 11.0 Å². The monoisotopic (exact) mass is 620 g/mol. The predicted molar refractivity (Wildman–Crippen MR) is 169 cm³/mol. The number of fused-ring (bicyclic) bond motifs is 1. The minimum Gasteiger partial charge on any atom is -0.455 e. The van der Waals surface area contributed by atoms with Crippen LogP contribution in [0.25, 0.3) is 33.4 Å². The van der Waals surface area contributed by atoms with Gasteiger partial charge in [0.15, 0.2) is 0 Å². The van der Waals surface area contributed by atoms with Gasteiger partial charge in [0.1, 0.15) is 34.8 Å². The molecule has 1 saturated heterocycles. The first kappa shape index (κ1) is 32.4. The van der Waals surface area contributed by atoms with Gasteiger partial charge in [0.25, 0.3) is 11.8 Å². The van der Waals surface area contributed by atoms with E-state index >= 15 is 0 Å². The number of alkyl halides is 1. The minimum atomic E-state index is -1.63. The Morgan fingerprint density at radius 1 is 1.14 bits per heavy atom. The number of anilines is 1. The van der Waals surface area contributed by atoms with E-state index in [-0.39, 0.29) is 35.3 Å². The van der Waals surface area contributed by atoms with Gasteiger partial charge in [-0.15, -0.1) is 0 Å². The fourth-order valence-electron chi connectivity index (χ4n) is 5.24. The molecule has 11 heteroatoms. The molecule has 3 aromatic carbocycles. The first-order valence-corrected chi connectivity index (χ1v) is 15.8. The maximum Gasteiger partial charge on any atom is 0.255 e. The van der Waals surface area contributed by atoms with Crippen molar-refractivity contribution >= 4 is 39.5 Å². The Morgan fingerprint density at radius 2 is 1.86 bits per heavy atom. The molecular formula is C33H34F2N4O4S. The number of amides is 2. The maximum absolute atomic E-state index is 13.7. The summed E-state index contributed by atoms with van der Waals surface area (Å²) in [6, 6.07) is 17.9. The summed E-state index contributed by atoms with van der Waals surface area (Å²) in [6.07, 6.45) is 2.05. The fraction of sp³-hybridized carbons (Fsp3) is 0.303. The molecule has 1 N–H and O–H groups in total. The molecule has 2 unspecified atom stereocenters. The van der Waals surface area contributed by atoms with Crippen LogP contribution in [0.4, 0.5) is 14.5 Å². The van der Waals surface area contributed by atoms with Crippen LogP contribution < -0.4 is 9.62 Å². The molecule has 0 aliphatic carbocycles. The molecule has 1 aromatic heterocycles. The molecule has 1 fully saturated rings. The lowest BCUT2D eigenvalue weighted by atomic mass is 9.97. The number of likely N-dealkylation sites (tertiary alicyclic amines) is 1. The quantitative estimate of drug-likeness (QED) is 0.247. The van der Waals surface area contributed by atoms with Crippen molar-refractivity contribution in [3.63, 3.8) is 0 Å². The molecule has 230 valence electrons. The van der Waals surface area contributed by atoms with Crippen LogP contribution in [-0.4, -0.2) is 60.5 Å². The van der Waals surface area contributed by atoms with Crippen molar-refractivity contribution in [2.75, 3.05) is 43.9 Å². The van der Waals surface area contributed by atoms with Crippen molar-refractivity contribution in [3.05, 3.63) is 77.6 Å². The molecule has 5 rings (SSSR count). The highest BCUT2D eigenvalue weighted by atomic mass is 32.2. The molecular weight excluding hydrogens is 586 g/mol. The molecule has 2 atom stereocenters. The van der Waals surface area contributed by atoms with Gasteiger partial charge >= 0.3 is 0 Å². The zero-order valence-electron chi connectivity index (χ0n) is 25.0. The van der Waals surface area contributed by atoms with Crippen molar-refractivity contribution in [3.8, 4) is 28.5 Å². The van der Waals surface area contributed by atoms with Crippen LogP contribution in [0.1, 0.15) is 41.0 Å². The van der Waals surface area contributed by atoms with Crippen LogP contribution in [0, 0.1) is 23.1 Å². The summed E-state index contributed by atoms with van der Waals surface area (Å²) in [5, 5.41) is 12.3. The van der Waals surface area contributed by atoms with Gasteiger partial charge in [-0.1, -0.05) is 26.0 Å². The molecule has 1 aliphatic heterocycles. The Balaban J connectivity index is 0.00000216. The fourth-order valence-corrected chi connectivity index (χ4v) is 6.00. The number of carbonyl (C=O) groups excluding carboxylic acids is 2. The number of carbonyl (C=O) groups is 2. The van der Waals surface area contributed by atoms with Gasteiger partial charge < -0.3 is 14.6 Å². The number of furan rings is 1. The van der Waals surface area contributed by atoms with Crippen molar-refractivity contribution in [2.45, 2.75) is 20.3 Å². The Kier molecular flexibility index (Phi) is 10.5. The number of hydrogen-bond acceptors (Lipinski definition) is 5. The van der Waals surface area contributed by atoms with Gasteiger partial charge in [-0.25, -0.2) is 13.0 Å². The predicted octanol–water partition coefficient (Wildman–Crippen LogP) is 6.35. The number of halogens is 2. The van der Waals surface area contributed by atoms with Crippen molar-refractivity contribution in [1.29, 1.82) is 5.26 Å². The number of hydrogen-bond donors (Lipinski definition) is 1. The summed E-state index contributed by atoms with van der Waals surface area (Å²) >= 11 is 0. The van der Waals surface area contributed by atoms with E-state index < -0.39 is 29.4 Å². The van der Waals surface area contributed by atoms with E-state index in [0.29, 0.717) is 52.8 Å². The third-order valence-electron chi connectivity index (χ3n) is 7.31. The molecule has 2 heterocycles. The Morgan fingerprint density at radius 3 is 2.48 bits per heavy atom. The first-order valence-electron chi connectivity index (χ1n) is 14.3. The summed E-state index contributed by atoms with van der Waals surface area (Å²) in [5.74, 6) is -1.09. The van der Waals surface area contributed by atoms with E-state index in [1.54, 1.807) is 41.3 Å². The highest BCUT2D eigenvalue weighted by Gasteiger charge is 2.28. The van der Waals surface area contributed by atoms with E-state index in [9.17, 15) is 27.8 Å². The Hall–Kier alpha value is -4.56. The Bertz CT molecular complexity index is 1730. The van der Waals surface area contributed by atoms with Gasteiger partial charge in [0.05, 0.1) is 29.8 Å².